The van der Waals surface area contributed by atoms with Crippen molar-refractivity contribution in [2.45, 2.75) is 79.6 Å². The molecule has 0 aliphatic heterocycles. The number of carbonyl (C=O) groups is 1. The third-order valence-electron chi connectivity index (χ3n) is 5.83. The van der Waals surface area contributed by atoms with E-state index in [0.29, 0.717) is 12.0 Å². The molecule has 0 aromatic rings. The predicted octanol–water partition coefficient (Wildman–Crippen LogP) is 4.65. The maximum absolute atomic E-state index is 11.0. The third-order valence-corrected chi connectivity index (χ3v) is 5.83. The van der Waals surface area contributed by atoms with E-state index in [2.05, 4.69) is 27.7 Å². The highest BCUT2D eigenvalue weighted by atomic mass is 16.7. The van der Waals surface area contributed by atoms with Gasteiger partial charge in [0, 0.05) is 6.92 Å². The van der Waals surface area contributed by atoms with Crippen LogP contribution in [-0.2, 0) is 14.3 Å². The topological polar surface area (TPSA) is 35.5 Å². The first-order valence-electron chi connectivity index (χ1n) is 9.21. The summed E-state index contributed by atoms with van der Waals surface area (Å²) < 4.78 is 11.1. The fourth-order valence-corrected chi connectivity index (χ4v) is 5.60. The minimum atomic E-state index is -0.394. The summed E-state index contributed by atoms with van der Waals surface area (Å²) in [6, 6.07) is 0. The van der Waals surface area contributed by atoms with E-state index >= 15 is 0 Å². The molecule has 3 rings (SSSR count). The fraction of sp³-hybridized carbons (Fsp3) is 0.947. The zero-order valence-electron chi connectivity index (χ0n) is 15.2. The molecule has 3 nitrogen and oxygen atoms in total. The number of fused-ring (bicyclic) bond motifs is 5. The van der Waals surface area contributed by atoms with Crippen molar-refractivity contribution in [1.82, 2.24) is 0 Å². The molecule has 0 spiro atoms. The van der Waals surface area contributed by atoms with Crippen molar-refractivity contribution in [1.29, 1.82) is 0 Å². The van der Waals surface area contributed by atoms with Crippen molar-refractivity contribution in [2.24, 2.45) is 35.5 Å². The van der Waals surface area contributed by atoms with Gasteiger partial charge in [0.2, 0.25) is 0 Å². The number of hydrogen-bond acceptors (Lipinski definition) is 3. The Balaban J connectivity index is 0.000000545. The molecule has 2 bridgehead atoms. The van der Waals surface area contributed by atoms with Crippen molar-refractivity contribution in [3.63, 3.8) is 0 Å². The molecule has 0 aromatic heterocycles. The minimum Gasteiger partial charge on any atom is -0.436 e. The first kappa shape index (κ1) is 17.8. The summed E-state index contributed by atoms with van der Waals surface area (Å²) in [5, 5.41) is 0. The first-order valence-corrected chi connectivity index (χ1v) is 9.21. The molecule has 0 saturated heterocycles. The maximum Gasteiger partial charge on any atom is 0.304 e. The molecule has 0 radical (unpaired) electrons. The molecule has 0 N–H and O–H groups in total. The molecule has 3 saturated carbocycles. The Kier molecular flexibility index (Phi) is 5.93. The number of carbonyl (C=O) groups excluding carboxylic acids is 1. The van der Waals surface area contributed by atoms with E-state index in [1.807, 2.05) is 6.92 Å². The molecule has 3 aliphatic carbocycles. The lowest BCUT2D eigenvalue weighted by Crippen LogP contribution is -2.36. The Labute approximate surface area is 136 Å². The lowest BCUT2D eigenvalue weighted by atomic mass is 9.75. The average molecular weight is 310 g/mol. The molecule has 8 atom stereocenters. The molecular weight excluding hydrogens is 276 g/mol. The van der Waals surface area contributed by atoms with Crippen LogP contribution in [0, 0.1) is 35.5 Å². The number of esters is 1. The third kappa shape index (κ3) is 3.50. The van der Waals surface area contributed by atoms with Crippen LogP contribution in [0.5, 0.6) is 0 Å². The van der Waals surface area contributed by atoms with E-state index < -0.39 is 6.29 Å². The van der Waals surface area contributed by atoms with Crippen LogP contribution in [-0.4, -0.2) is 18.4 Å². The van der Waals surface area contributed by atoms with E-state index in [1.54, 1.807) is 0 Å². The van der Waals surface area contributed by atoms with Gasteiger partial charge in [-0.2, -0.15) is 0 Å². The van der Waals surface area contributed by atoms with Crippen molar-refractivity contribution < 1.29 is 14.3 Å². The van der Waals surface area contributed by atoms with Crippen molar-refractivity contribution in [3.05, 3.63) is 0 Å². The van der Waals surface area contributed by atoms with Gasteiger partial charge in [-0.3, -0.25) is 4.79 Å². The van der Waals surface area contributed by atoms with Gasteiger partial charge in [0.25, 0.3) is 0 Å². The lowest BCUT2D eigenvalue weighted by Gasteiger charge is -2.35. The average Bonchev–Trinajstić information content (AvgIpc) is 3.02. The normalized spacial score (nSPS) is 43.3. The molecule has 8 unspecified atom stereocenters. The second-order valence-corrected chi connectivity index (χ2v) is 7.80. The highest BCUT2D eigenvalue weighted by Crippen LogP contribution is 2.63. The van der Waals surface area contributed by atoms with Crippen LogP contribution in [0.15, 0.2) is 0 Å². The fourth-order valence-electron chi connectivity index (χ4n) is 5.60. The summed E-state index contributed by atoms with van der Waals surface area (Å²) in [6.45, 7) is 12.4. The number of rotatable bonds is 3. The number of hydrogen-bond donors (Lipinski definition) is 0. The Hall–Kier alpha value is -0.570. The second-order valence-electron chi connectivity index (χ2n) is 7.80. The van der Waals surface area contributed by atoms with Crippen LogP contribution in [0.1, 0.15) is 67.2 Å². The zero-order valence-corrected chi connectivity index (χ0v) is 15.2. The molecule has 3 aliphatic rings. The second kappa shape index (κ2) is 7.33. The van der Waals surface area contributed by atoms with Gasteiger partial charge in [-0.1, -0.05) is 34.1 Å². The summed E-state index contributed by atoms with van der Waals surface area (Å²) >= 11 is 0. The summed E-state index contributed by atoms with van der Waals surface area (Å²) in [4.78, 5) is 11.0. The van der Waals surface area contributed by atoms with E-state index in [4.69, 9.17) is 9.47 Å². The number of ether oxygens (including phenoxy) is 2. The molecule has 3 heteroatoms. The van der Waals surface area contributed by atoms with Crippen molar-refractivity contribution >= 4 is 5.97 Å². The Morgan fingerprint density at radius 2 is 1.68 bits per heavy atom. The largest absolute Gasteiger partial charge is 0.436 e. The van der Waals surface area contributed by atoms with Gasteiger partial charge in [-0.05, 0) is 61.7 Å². The van der Waals surface area contributed by atoms with Gasteiger partial charge in [0.1, 0.15) is 0 Å². The molecule has 22 heavy (non-hydrogen) atoms. The first-order chi connectivity index (χ1) is 10.4. The van der Waals surface area contributed by atoms with E-state index in [9.17, 15) is 4.79 Å². The Bertz CT molecular complexity index is 381. The standard InChI is InChI=1S/C16H26O3.C3H8/c1-8-5-9(2)16-13-6-12(15(8)16)7-14(13)19-11(4)18-10(3)17;1-3-2/h8-9,11-16H,5-7H2,1-4H3;3H2,1-2H3. The van der Waals surface area contributed by atoms with Crippen LogP contribution < -0.4 is 0 Å². The summed E-state index contributed by atoms with van der Waals surface area (Å²) in [5.41, 5.74) is 0. The van der Waals surface area contributed by atoms with Crippen LogP contribution in [0.3, 0.4) is 0 Å². The lowest BCUT2D eigenvalue weighted by molar-refractivity contribution is -0.190. The predicted molar refractivity (Wildman–Crippen MR) is 88.2 cm³/mol. The van der Waals surface area contributed by atoms with Crippen LogP contribution in [0.25, 0.3) is 0 Å². The maximum atomic E-state index is 11.0. The van der Waals surface area contributed by atoms with Gasteiger partial charge in [0.05, 0.1) is 6.10 Å². The van der Waals surface area contributed by atoms with Gasteiger partial charge in [0.15, 0.2) is 6.29 Å². The van der Waals surface area contributed by atoms with Gasteiger partial charge in [-0.25, -0.2) is 0 Å². The van der Waals surface area contributed by atoms with Gasteiger partial charge in [-0.15, -0.1) is 0 Å². The molecule has 0 heterocycles. The summed E-state index contributed by atoms with van der Waals surface area (Å²) in [7, 11) is 0. The van der Waals surface area contributed by atoms with Crippen LogP contribution in [0.2, 0.25) is 0 Å². The highest BCUT2D eigenvalue weighted by molar-refractivity contribution is 5.65. The monoisotopic (exact) mass is 310 g/mol. The van der Waals surface area contributed by atoms with E-state index in [0.717, 1.165) is 29.6 Å². The quantitative estimate of drug-likeness (QED) is 0.562. The molecular formula is C19H34O3. The minimum absolute atomic E-state index is 0.253. The smallest absolute Gasteiger partial charge is 0.304 e. The molecule has 3 fully saturated rings. The molecule has 0 aromatic carbocycles. The van der Waals surface area contributed by atoms with Crippen molar-refractivity contribution in [3.8, 4) is 0 Å². The van der Waals surface area contributed by atoms with Gasteiger partial charge < -0.3 is 9.47 Å². The van der Waals surface area contributed by atoms with E-state index in [-0.39, 0.29) is 5.97 Å². The summed E-state index contributed by atoms with van der Waals surface area (Å²) in [5.74, 6) is 4.81. The zero-order chi connectivity index (χ0) is 16.4. The Morgan fingerprint density at radius 1 is 1.09 bits per heavy atom. The van der Waals surface area contributed by atoms with Gasteiger partial charge >= 0.3 is 5.97 Å². The summed E-state index contributed by atoms with van der Waals surface area (Å²) in [6.07, 6.45) is 5.06. The highest BCUT2D eigenvalue weighted by Gasteiger charge is 2.59. The van der Waals surface area contributed by atoms with Crippen molar-refractivity contribution in [2.75, 3.05) is 0 Å². The van der Waals surface area contributed by atoms with E-state index in [1.165, 1.54) is 32.6 Å². The van der Waals surface area contributed by atoms with Crippen LogP contribution >= 0.6 is 0 Å². The SMILES string of the molecule is CC(=O)OC(C)OC1CC2CC1C1C(C)CC(C)C21.CCC. The molecule has 128 valence electrons. The Morgan fingerprint density at radius 3 is 2.27 bits per heavy atom. The van der Waals surface area contributed by atoms with Crippen LogP contribution in [0.4, 0.5) is 0 Å². The molecule has 0 amide bonds.